The summed E-state index contributed by atoms with van der Waals surface area (Å²) < 4.78 is 55.0. The zero-order chi connectivity index (χ0) is 43.2. The number of benzene rings is 3. The highest BCUT2D eigenvalue weighted by atomic mass is 32.2. The first-order valence-electron chi connectivity index (χ1n) is 19.7. The summed E-state index contributed by atoms with van der Waals surface area (Å²) in [5, 5.41) is 15.4. The molecule has 3 aromatic carbocycles. The van der Waals surface area contributed by atoms with Crippen molar-refractivity contribution in [3.8, 4) is 22.8 Å². The molecule has 2 heterocycles. The fourth-order valence-corrected chi connectivity index (χ4v) is 9.61. The van der Waals surface area contributed by atoms with Crippen LogP contribution in [-0.2, 0) is 30.8 Å². The van der Waals surface area contributed by atoms with E-state index in [-0.39, 0.29) is 44.2 Å². The van der Waals surface area contributed by atoms with E-state index in [0.717, 1.165) is 5.56 Å². The number of hydrogen-bond acceptors (Lipinski definition) is 9. The molecule has 1 saturated heterocycles. The smallest absolute Gasteiger partial charge is 0.405 e. The second-order valence-corrected chi connectivity index (χ2v) is 19.0. The number of carboxylic acid groups (broad SMARTS) is 1. The molecule has 2 aliphatic carbocycles. The van der Waals surface area contributed by atoms with Gasteiger partial charge in [-0.3, -0.25) is 19.1 Å². The van der Waals surface area contributed by atoms with Crippen molar-refractivity contribution in [3.05, 3.63) is 103 Å². The summed E-state index contributed by atoms with van der Waals surface area (Å²) >= 11 is 0. The molecule has 1 aromatic heterocycles. The maximum atomic E-state index is 14.6. The second kappa shape index (κ2) is 15.9. The van der Waals surface area contributed by atoms with Crippen molar-refractivity contribution < 1.29 is 46.6 Å². The number of sulfonamides is 1. The Balaban J connectivity index is 1.18. The van der Waals surface area contributed by atoms with Gasteiger partial charge in [-0.2, -0.15) is 0 Å². The number of methoxy groups -OCH3 is 1. The quantitative estimate of drug-likeness (QED) is 0.120. The van der Waals surface area contributed by atoms with Crippen LogP contribution in [0, 0.1) is 17.2 Å². The van der Waals surface area contributed by atoms with Crippen LogP contribution in [-0.4, -0.2) is 89.4 Å². The molecule has 4 N–H and O–H groups in total. The Hall–Kier alpha value is -6.03. The predicted octanol–water partition coefficient (Wildman–Crippen LogP) is 5.36. The van der Waals surface area contributed by atoms with E-state index in [1.165, 1.54) is 29.2 Å². The molecule has 4 amide bonds. The van der Waals surface area contributed by atoms with E-state index in [1.807, 2.05) is 30.3 Å². The third-order valence-corrected chi connectivity index (χ3v) is 13.8. The molecule has 7 rings (SSSR count). The summed E-state index contributed by atoms with van der Waals surface area (Å²) in [6.45, 7) is 8.71. The van der Waals surface area contributed by atoms with Gasteiger partial charge in [-0.15, -0.1) is 6.58 Å². The summed E-state index contributed by atoms with van der Waals surface area (Å²) in [6.07, 6.45) is -0.549. The van der Waals surface area contributed by atoms with Gasteiger partial charge in [-0.1, -0.05) is 75.4 Å². The number of ether oxygens (including phenoxy) is 2. The number of likely N-dealkylation sites (tertiary alicyclic amines) is 1. The molecule has 316 valence electrons. The summed E-state index contributed by atoms with van der Waals surface area (Å²) in [7, 11) is -2.81. The maximum Gasteiger partial charge on any atom is 0.405 e. The van der Waals surface area contributed by atoms with Gasteiger partial charge in [0.1, 0.15) is 41.0 Å². The van der Waals surface area contributed by atoms with Crippen molar-refractivity contribution >= 4 is 44.7 Å². The first-order chi connectivity index (χ1) is 28.4. The number of halogens is 1. The number of amides is 4. The molecule has 60 heavy (non-hydrogen) atoms. The minimum Gasteiger partial charge on any atom is -0.497 e. The van der Waals surface area contributed by atoms with Crippen LogP contribution in [0.3, 0.4) is 0 Å². The Kier molecular flexibility index (Phi) is 11.1. The standard InChI is InChI=1S/C44H48FN5O9S/c1-6-28-24-44(28,40(53)49-60(56,57)43(18-19-43)23-27-14-10-11-15-32(27)45)48-38(51)35-21-30(25-50(35)39(52)37(42(2,3)4)47-41(54)55)59-36-22-33(26-12-8-7-9-13-26)46-34-20-29(58-5)16-17-31(34)36/h6-17,20,22,28,30,35,37,47H,1,18-19,21,23-25H2,2-5H3,(H,48,51)(H,49,53)(H,54,55). The molecule has 1 aliphatic heterocycles. The highest BCUT2D eigenvalue weighted by Gasteiger charge is 2.64. The highest BCUT2D eigenvalue weighted by molar-refractivity contribution is 7.91. The number of rotatable bonds is 14. The molecule has 0 bridgehead atoms. The molecule has 16 heteroatoms. The average Bonchev–Trinajstić information content (AvgIpc) is 4.11. The number of pyridine rings is 1. The molecule has 14 nitrogen and oxygen atoms in total. The van der Waals surface area contributed by atoms with Crippen molar-refractivity contribution in [1.29, 1.82) is 0 Å². The van der Waals surface area contributed by atoms with E-state index in [9.17, 15) is 37.1 Å². The lowest BCUT2D eigenvalue weighted by molar-refractivity contribution is -0.142. The van der Waals surface area contributed by atoms with Gasteiger partial charge in [0.15, 0.2) is 0 Å². The van der Waals surface area contributed by atoms with E-state index in [2.05, 4.69) is 21.9 Å². The van der Waals surface area contributed by atoms with Crippen molar-refractivity contribution in [1.82, 2.24) is 25.2 Å². The number of aromatic nitrogens is 1. The zero-order valence-corrected chi connectivity index (χ0v) is 34.6. The maximum absolute atomic E-state index is 14.6. The second-order valence-electron chi connectivity index (χ2n) is 16.9. The molecule has 5 unspecified atom stereocenters. The summed E-state index contributed by atoms with van der Waals surface area (Å²) in [4.78, 5) is 61.0. The van der Waals surface area contributed by atoms with Gasteiger partial charge in [0.2, 0.25) is 21.8 Å². The SMILES string of the molecule is C=CC1CC1(NC(=O)C1CC(Oc2cc(-c3ccccc3)nc3cc(OC)ccc23)CN1C(=O)C(NC(=O)O)C(C)(C)C)C(=O)NS(=O)(=O)C1(Cc2ccccc2F)CC1. The van der Waals surface area contributed by atoms with Crippen LogP contribution in [0.5, 0.6) is 11.5 Å². The van der Waals surface area contributed by atoms with Crippen LogP contribution in [0.25, 0.3) is 22.2 Å². The normalized spacial score (nSPS) is 22.3. The third kappa shape index (κ3) is 8.24. The van der Waals surface area contributed by atoms with Gasteiger partial charge in [0.05, 0.1) is 29.6 Å². The molecule has 3 aliphatic rings. The molecule has 4 aromatic rings. The number of nitrogens with one attached hydrogen (secondary N) is 3. The van der Waals surface area contributed by atoms with Crippen molar-refractivity contribution in [2.75, 3.05) is 13.7 Å². The predicted molar refractivity (Wildman–Crippen MR) is 221 cm³/mol. The average molecular weight is 842 g/mol. The number of fused-ring (bicyclic) bond motifs is 1. The third-order valence-electron chi connectivity index (χ3n) is 11.7. The number of hydrogen-bond donors (Lipinski definition) is 4. The summed E-state index contributed by atoms with van der Waals surface area (Å²) in [6, 6.07) is 19.8. The molecular weight excluding hydrogens is 794 g/mol. The Morgan fingerprint density at radius 2 is 1.75 bits per heavy atom. The monoisotopic (exact) mass is 841 g/mol. The Morgan fingerprint density at radius 3 is 2.37 bits per heavy atom. The van der Waals surface area contributed by atoms with Crippen LogP contribution >= 0.6 is 0 Å². The lowest BCUT2D eigenvalue weighted by Gasteiger charge is -2.35. The first kappa shape index (κ1) is 42.1. The molecule has 5 atom stereocenters. The topological polar surface area (TPSA) is 193 Å². The number of carbonyl (C=O) groups excluding carboxylic acids is 3. The van der Waals surface area contributed by atoms with E-state index in [0.29, 0.717) is 28.1 Å². The number of carbonyl (C=O) groups is 4. The van der Waals surface area contributed by atoms with Gasteiger partial charge >= 0.3 is 6.09 Å². The summed E-state index contributed by atoms with van der Waals surface area (Å²) in [5.41, 5.74) is -0.469. The van der Waals surface area contributed by atoms with E-state index in [1.54, 1.807) is 58.2 Å². The van der Waals surface area contributed by atoms with E-state index >= 15 is 0 Å². The van der Waals surface area contributed by atoms with Crippen LogP contribution in [0.4, 0.5) is 9.18 Å². The fourth-order valence-electron chi connectivity index (χ4n) is 7.98. The Bertz CT molecular complexity index is 2470. The molecular formula is C44H48FN5O9S. The first-order valence-corrected chi connectivity index (χ1v) is 21.1. The van der Waals surface area contributed by atoms with E-state index < -0.39 is 79.5 Å². The lowest BCUT2D eigenvalue weighted by atomic mass is 9.85. The van der Waals surface area contributed by atoms with Crippen LogP contribution in [0.2, 0.25) is 0 Å². The minimum absolute atomic E-state index is 0.0322. The fraction of sp³-hybridized carbons (Fsp3) is 0.386. The molecule has 0 spiro atoms. The minimum atomic E-state index is -4.36. The zero-order valence-electron chi connectivity index (χ0n) is 33.7. The molecule has 0 radical (unpaired) electrons. The van der Waals surface area contributed by atoms with Gasteiger partial charge in [0, 0.05) is 35.4 Å². The Morgan fingerprint density at radius 1 is 1.05 bits per heavy atom. The van der Waals surface area contributed by atoms with E-state index in [4.69, 9.17) is 14.5 Å². The highest BCUT2D eigenvalue weighted by Crippen LogP contribution is 2.49. The molecule has 2 saturated carbocycles. The lowest BCUT2D eigenvalue weighted by Crippen LogP contribution is -2.60. The summed E-state index contributed by atoms with van der Waals surface area (Å²) in [5.74, 6) is -2.65. The van der Waals surface area contributed by atoms with Crippen molar-refractivity contribution in [2.45, 2.75) is 81.3 Å². The van der Waals surface area contributed by atoms with Gasteiger partial charge in [-0.05, 0) is 54.9 Å². The van der Waals surface area contributed by atoms with Crippen molar-refractivity contribution in [3.63, 3.8) is 0 Å². The van der Waals surface area contributed by atoms with Gasteiger partial charge in [-0.25, -0.2) is 22.6 Å². The van der Waals surface area contributed by atoms with Crippen molar-refractivity contribution in [2.24, 2.45) is 11.3 Å². The van der Waals surface area contributed by atoms with Crippen LogP contribution in [0.1, 0.15) is 52.0 Å². The van der Waals surface area contributed by atoms with Gasteiger partial charge < -0.3 is 30.1 Å². The van der Waals surface area contributed by atoms with Gasteiger partial charge in [0.25, 0.3) is 5.91 Å². The molecule has 3 fully saturated rings. The Labute approximate surface area is 347 Å². The largest absolute Gasteiger partial charge is 0.497 e. The van der Waals surface area contributed by atoms with Crippen LogP contribution in [0.15, 0.2) is 91.5 Å². The number of nitrogens with zero attached hydrogens (tertiary/aromatic N) is 2. The van der Waals surface area contributed by atoms with Crippen LogP contribution < -0.4 is 24.8 Å².